The van der Waals surface area contributed by atoms with E-state index in [-0.39, 0.29) is 36.6 Å². The molecule has 0 fully saturated rings. The monoisotopic (exact) mass is 508 g/mol. The van der Waals surface area contributed by atoms with Crippen molar-refractivity contribution < 1.29 is 19.4 Å². The second kappa shape index (κ2) is 12.2. The molecule has 1 aliphatic heterocycles. The summed E-state index contributed by atoms with van der Waals surface area (Å²) < 4.78 is 8.08. The molecular weight excluding hydrogens is 472 g/mol. The smallest absolute Gasteiger partial charge is 0.321 e. The maximum Gasteiger partial charge on any atom is 0.321 e. The van der Waals surface area contributed by atoms with Crippen molar-refractivity contribution in [2.24, 2.45) is 5.92 Å². The normalized spacial score (nSPS) is 20.0. The minimum atomic E-state index is -0.368. The average Bonchev–Trinajstić information content (AvgIpc) is 3.35. The van der Waals surface area contributed by atoms with Crippen LogP contribution in [0.25, 0.3) is 10.8 Å². The molecule has 2 heterocycles. The zero-order chi connectivity index (χ0) is 26.4. The fourth-order valence-corrected chi connectivity index (χ4v) is 4.64. The van der Waals surface area contributed by atoms with E-state index in [1.54, 1.807) is 27.7 Å². The van der Waals surface area contributed by atoms with Crippen LogP contribution < -0.4 is 5.32 Å². The number of aryl methyl sites for hydroxylation is 1. The molecule has 10 heteroatoms. The highest BCUT2D eigenvalue weighted by Crippen LogP contribution is 2.24. The largest absolute Gasteiger partial charge is 0.394 e. The molecule has 198 valence electrons. The summed E-state index contributed by atoms with van der Waals surface area (Å²) in [4.78, 5) is 29.5. The van der Waals surface area contributed by atoms with Gasteiger partial charge in [-0.25, -0.2) is 9.48 Å². The highest BCUT2D eigenvalue weighted by Gasteiger charge is 2.29. The minimum absolute atomic E-state index is 0.0172. The van der Waals surface area contributed by atoms with Crippen LogP contribution in [-0.4, -0.2) is 80.7 Å². The third-order valence-electron chi connectivity index (χ3n) is 6.97. The first-order valence-corrected chi connectivity index (χ1v) is 12.8. The molecule has 0 unspecified atom stereocenters. The predicted octanol–water partition coefficient (Wildman–Crippen LogP) is 3.12. The van der Waals surface area contributed by atoms with Crippen LogP contribution >= 0.6 is 0 Å². The van der Waals surface area contributed by atoms with Crippen LogP contribution in [0, 0.1) is 5.92 Å². The fraction of sp³-hybridized carbons (Fsp3) is 0.481. The van der Waals surface area contributed by atoms with Crippen molar-refractivity contribution >= 4 is 28.4 Å². The third-order valence-corrected chi connectivity index (χ3v) is 6.97. The highest BCUT2D eigenvalue weighted by molar-refractivity contribution is 6.01. The number of hydrogen-bond acceptors (Lipinski definition) is 6. The van der Waals surface area contributed by atoms with Crippen LogP contribution in [0.15, 0.2) is 48.7 Å². The number of nitrogens with one attached hydrogen (secondary N) is 1. The topological polar surface area (TPSA) is 113 Å². The van der Waals surface area contributed by atoms with E-state index in [1.165, 1.54) is 0 Å². The zero-order valence-corrected chi connectivity index (χ0v) is 21.7. The zero-order valence-electron chi connectivity index (χ0n) is 21.7. The van der Waals surface area contributed by atoms with Gasteiger partial charge in [-0.1, -0.05) is 48.5 Å². The van der Waals surface area contributed by atoms with E-state index in [2.05, 4.69) is 15.6 Å². The molecule has 1 aliphatic rings. The molecule has 2 N–H and O–H groups in total. The average molecular weight is 509 g/mol. The summed E-state index contributed by atoms with van der Waals surface area (Å²) >= 11 is 0. The molecule has 3 amide bonds. The van der Waals surface area contributed by atoms with Gasteiger partial charge in [-0.15, -0.1) is 5.10 Å². The molecule has 0 radical (unpaired) electrons. The highest BCUT2D eigenvalue weighted by atomic mass is 16.5. The summed E-state index contributed by atoms with van der Waals surface area (Å²) in [5, 5.41) is 22.9. The molecule has 37 heavy (non-hydrogen) atoms. The molecule has 2 aromatic carbocycles. The third kappa shape index (κ3) is 6.44. The lowest BCUT2D eigenvalue weighted by atomic mass is 10.0. The van der Waals surface area contributed by atoms with Gasteiger partial charge in [0, 0.05) is 44.4 Å². The van der Waals surface area contributed by atoms with Crippen molar-refractivity contribution in [2.45, 2.75) is 52.0 Å². The molecule has 4 rings (SSSR count). The van der Waals surface area contributed by atoms with Gasteiger partial charge in [0.25, 0.3) is 0 Å². The number of aliphatic hydroxyl groups excluding tert-OH is 1. The Balaban J connectivity index is 1.52. The van der Waals surface area contributed by atoms with E-state index in [9.17, 15) is 14.7 Å². The molecular formula is C27H36N6O4. The summed E-state index contributed by atoms with van der Waals surface area (Å²) in [6.45, 7) is 5.31. The standard InChI is InChI=1S/C27H36N6O4/c1-19-15-32(20(2)17-34)26(35)12-7-13-33-22(14-28-30-33)18-37-25(19)16-31(3)27(36)29-24-11-6-9-21-8-4-5-10-23(21)24/h4-6,8-11,14,19-20,25,34H,7,12-13,15-18H2,1-3H3,(H,29,36)/t19-,20+,25-/m0/s1. The lowest BCUT2D eigenvalue weighted by Crippen LogP contribution is -2.48. The number of carbonyl (C=O) groups excluding carboxylic acids is 2. The lowest BCUT2D eigenvalue weighted by molar-refractivity contribution is -0.136. The SMILES string of the molecule is C[C@H](CO)N1C[C@H](C)[C@H](CN(C)C(=O)Nc2cccc3ccccc23)OCc2cnnn2CCCC1=O. The van der Waals surface area contributed by atoms with Crippen LogP contribution in [0.3, 0.4) is 0 Å². The van der Waals surface area contributed by atoms with E-state index in [0.717, 1.165) is 22.2 Å². The van der Waals surface area contributed by atoms with Crippen LogP contribution in [0.5, 0.6) is 0 Å². The maximum atomic E-state index is 13.2. The van der Waals surface area contributed by atoms with Crippen molar-refractivity contribution in [2.75, 3.05) is 32.1 Å². The first-order chi connectivity index (χ1) is 17.9. The predicted molar refractivity (Wildman–Crippen MR) is 141 cm³/mol. The Kier molecular flexibility index (Phi) is 8.73. The van der Waals surface area contributed by atoms with E-state index >= 15 is 0 Å². The number of urea groups is 1. The van der Waals surface area contributed by atoms with Gasteiger partial charge >= 0.3 is 6.03 Å². The number of fused-ring (bicyclic) bond motifs is 2. The Morgan fingerprint density at radius 1 is 1.27 bits per heavy atom. The van der Waals surface area contributed by atoms with Gasteiger partial charge < -0.3 is 25.0 Å². The van der Waals surface area contributed by atoms with Gasteiger partial charge in [-0.3, -0.25) is 4.79 Å². The van der Waals surface area contributed by atoms with Gasteiger partial charge in [0.05, 0.1) is 42.9 Å². The van der Waals surface area contributed by atoms with E-state index in [4.69, 9.17) is 4.74 Å². The van der Waals surface area contributed by atoms with Gasteiger partial charge in [0.1, 0.15) is 0 Å². The fourth-order valence-electron chi connectivity index (χ4n) is 4.64. The second-order valence-corrected chi connectivity index (χ2v) is 9.79. The number of amides is 3. The van der Waals surface area contributed by atoms with Crippen molar-refractivity contribution in [3.05, 3.63) is 54.4 Å². The molecule has 0 saturated carbocycles. The Morgan fingerprint density at radius 2 is 2.05 bits per heavy atom. The quantitative estimate of drug-likeness (QED) is 0.548. The van der Waals surface area contributed by atoms with Crippen LogP contribution in [0.2, 0.25) is 0 Å². The number of ether oxygens (including phenoxy) is 1. The number of carbonyl (C=O) groups is 2. The van der Waals surface area contributed by atoms with E-state index in [0.29, 0.717) is 39.1 Å². The van der Waals surface area contributed by atoms with E-state index in [1.807, 2.05) is 56.3 Å². The van der Waals surface area contributed by atoms with E-state index < -0.39 is 0 Å². The minimum Gasteiger partial charge on any atom is -0.394 e. The summed E-state index contributed by atoms with van der Waals surface area (Å²) in [5.74, 6) is -0.119. The first-order valence-electron chi connectivity index (χ1n) is 12.8. The van der Waals surface area contributed by atoms with Crippen LogP contribution in [0.4, 0.5) is 10.5 Å². The number of nitrogens with zero attached hydrogens (tertiary/aromatic N) is 5. The van der Waals surface area contributed by atoms with Crippen molar-refractivity contribution in [3.63, 3.8) is 0 Å². The molecule has 0 spiro atoms. The molecule has 3 aromatic rings. The van der Waals surface area contributed by atoms with Gasteiger partial charge in [-0.05, 0) is 24.8 Å². The number of rotatable bonds is 5. The molecule has 3 atom stereocenters. The number of hydrogen-bond donors (Lipinski definition) is 2. The molecule has 0 saturated heterocycles. The van der Waals surface area contributed by atoms with Crippen LogP contribution in [-0.2, 0) is 22.7 Å². The summed E-state index contributed by atoms with van der Waals surface area (Å²) in [7, 11) is 1.73. The molecule has 0 aliphatic carbocycles. The molecule has 1 aromatic heterocycles. The Labute approximate surface area is 217 Å². The Hall–Kier alpha value is -3.50. The number of likely N-dealkylation sites (N-methyl/N-ethyl adjacent to an activating group) is 1. The van der Waals surface area contributed by atoms with Crippen LogP contribution in [0.1, 0.15) is 32.4 Å². The van der Waals surface area contributed by atoms with Gasteiger partial charge in [0.15, 0.2) is 0 Å². The first kappa shape index (κ1) is 26.6. The summed E-state index contributed by atoms with van der Waals surface area (Å²) in [6.07, 6.45) is 2.28. The Morgan fingerprint density at radius 3 is 2.86 bits per heavy atom. The lowest BCUT2D eigenvalue weighted by Gasteiger charge is -2.35. The van der Waals surface area contributed by atoms with Crippen molar-refractivity contribution in [1.29, 1.82) is 0 Å². The summed E-state index contributed by atoms with van der Waals surface area (Å²) in [5.41, 5.74) is 1.57. The summed E-state index contributed by atoms with van der Waals surface area (Å²) in [6, 6.07) is 13.2. The number of benzene rings is 2. The number of anilines is 1. The van der Waals surface area contributed by atoms with Crippen molar-refractivity contribution in [1.82, 2.24) is 24.8 Å². The second-order valence-electron chi connectivity index (χ2n) is 9.79. The molecule has 0 bridgehead atoms. The van der Waals surface area contributed by atoms with Crippen molar-refractivity contribution in [3.8, 4) is 0 Å². The molecule has 10 nitrogen and oxygen atoms in total. The Bertz CT molecular complexity index is 1210. The van der Waals surface area contributed by atoms with Gasteiger partial charge in [0.2, 0.25) is 5.91 Å². The maximum absolute atomic E-state index is 13.2. The van der Waals surface area contributed by atoms with Gasteiger partial charge in [-0.2, -0.15) is 0 Å². The number of aromatic nitrogens is 3. The number of aliphatic hydroxyl groups is 1.